The number of fused-ring (bicyclic) bond motifs is 2. The number of hydrogen-bond acceptors (Lipinski definition) is 3. The van der Waals surface area contributed by atoms with Crippen LogP contribution < -0.4 is 0 Å². The molecule has 2 atom stereocenters. The minimum atomic E-state index is -1.74. The Labute approximate surface area is 166 Å². The van der Waals surface area contributed by atoms with E-state index in [-0.39, 0.29) is 37.1 Å². The molecule has 2 aliphatic rings. The van der Waals surface area contributed by atoms with Gasteiger partial charge in [-0.2, -0.15) is 0 Å². The number of carbonyl (C=O) groups is 1. The maximum atomic E-state index is 14.3. The monoisotopic (exact) mass is 405 g/mol. The van der Waals surface area contributed by atoms with Gasteiger partial charge in [-0.25, -0.2) is 18.0 Å². The maximum Gasteiger partial charge on any atom is 0.410 e. The lowest BCUT2D eigenvalue weighted by molar-refractivity contribution is -0.0915. The number of ether oxygens (including phenoxy) is 1. The molecule has 4 nitrogen and oxygen atoms in total. The summed E-state index contributed by atoms with van der Waals surface area (Å²) in [4.78, 5) is 14.3. The standard InChI is InChI=1S/C22H22F3NO3/c23-15-9-18(20(25)19(24)10-15)22(28)11-16-7-4-8-17(12-22)26(16)21(27)29-13-14-5-2-1-3-6-14/h1-3,5-6,9-10,16-17,28H,4,7-8,11-13H2. The SMILES string of the molecule is O=C(OCc1ccccc1)N1C2CCCC1CC(O)(c1cc(F)cc(F)c1F)C2. The molecule has 4 rings (SSSR count). The van der Waals surface area contributed by atoms with E-state index in [1.807, 2.05) is 30.3 Å². The molecule has 0 saturated carbocycles. The number of benzene rings is 2. The van der Waals surface area contributed by atoms with Crippen molar-refractivity contribution in [1.29, 1.82) is 0 Å². The molecular formula is C22H22F3NO3. The van der Waals surface area contributed by atoms with Crippen LogP contribution in [0.2, 0.25) is 0 Å². The number of nitrogens with zero attached hydrogens (tertiary/aromatic N) is 1. The minimum Gasteiger partial charge on any atom is -0.445 e. The Bertz CT molecular complexity index is 892. The van der Waals surface area contributed by atoms with E-state index in [0.717, 1.165) is 18.1 Å². The molecule has 7 heteroatoms. The molecule has 154 valence electrons. The van der Waals surface area contributed by atoms with Gasteiger partial charge < -0.3 is 14.7 Å². The normalized spacial score (nSPS) is 26.3. The van der Waals surface area contributed by atoms with Gasteiger partial charge in [0.25, 0.3) is 0 Å². The molecule has 29 heavy (non-hydrogen) atoms. The fourth-order valence-corrected chi connectivity index (χ4v) is 4.64. The second-order valence-corrected chi connectivity index (χ2v) is 7.87. The number of amides is 1. The van der Waals surface area contributed by atoms with Gasteiger partial charge in [-0.1, -0.05) is 30.3 Å². The molecule has 0 radical (unpaired) electrons. The van der Waals surface area contributed by atoms with E-state index >= 15 is 0 Å². The third-order valence-electron chi connectivity index (χ3n) is 5.92. The van der Waals surface area contributed by atoms with Gasteiger partial charge in [-0.05, 0) is 30.9 Å². The van der Waals surface area contributed by atoms with Crippen molar-refractivity contribution in [1.82, 2.24) is 4.90 Å². The summed E-state index contributed by atoms with van der Waals surface area (Å²) in [6.07, 6.45) is 1.59. The zero-order valence-corrected chi connectivity index (χ0v) is 15.8. The first-order valence-corrected chi connectivity index (χ1v) is 9.74. The van der Waals surface area contributed by atoms with Gasteiger partial charge in [0.05, 0.1) is 5.60 Å². The Balaban J connectivity index is 1.54. The van der Waals surface area contributed by atoms with Crippen LogP contribution in [0.3, 0.4) is 0 Å². The van der Waals surface area contributed by atoms with Crippen LogP contribution in [0.1, 0.15) is 43.2 Å². The van der Waals surface area contributed by atoms with Crippen molar-refractivity contribution in [3.8, 4) is 0 Å². The molecule has 2 aromatic rings. The Morgan fingerprint density at radius 1 is 1.10 bits per heavy atom. The Morgan fingerprint density at radius 2 is 1.76 bits per heavy atom. The van der Waals surface area contributed by atoms with Crippen LogP contribution in [-0.2, 0) is 16.9 Å². The highest BCUT2D eigenvalue weighted by Gasteiger charge is 2.50. The molecule has 2 heterocycles. The molecule has 0 spiro atoms. The van der Waals surface area contributed by atoms with Gasteiger partial charge in [0.15, 0.2) is 11.6 Å². The van der Waals surface area contributed by atoms with Crippen molar-refractivity contribution < 1.29 is 27.8 Å². The first kappa shape index (κ1) is 19.8. The fourth-order valence-electron chi connectivity index (χ4n) is 4.64. The topological polar surface area (TPSA) is 49.8 Å². The molecule has 2 unspecified atom stereocenters. The molecule has 1 amide bonds. The smallest absolute Gasteiger partial charge is 0.410 e. The van der Waals surface area contributed by atoms with Gasteiger partial charge >= 0.3 is 6.09 Å². The average Bonchev–Trinajstić information content (AvgIpc) is 2.69. The van der Waals surface area contributed by atoms with E-state index in [4.69, 9.17) is 4.74 Å². The number of piperidine rings is 2. The van der Waals surface area contributed by atoms with Gasteiger partial charge in [0.2, 0.25) is 0 Å². The summed E-state index contributed by atoms with van der Waals surface area (Å²) < 4.78 is 47.2. The van der Waals surface area contributed by atoms with E-state index < -0.39 is 29.1 Å². The van der Waals surface area contributed by atoms with Crippen molar-refractivity contribution in [2.75, 3.05) is 0 Å². The van der Waals surface area contributed by atoms with Gasteiger partial charge in [0.1, 0.15) is 12.4 Å². The molecular weight excluding hydrogens is 383 g/mol. The van der Waals surface area contributed by atoms with Crippen molar-refractivity contribution >= 4 is 6.09 Å². The molecule has 1 N–H and O–H groups in total. The highest BCUT2D eigenvalue weighted by molar-refractivity contribution is 5.69. The number of hydrogen-bond donors (Lipinski definition) is 1. The van der Waals surface area contributed by atoms with E-state index in [1.165, 1.54) is 0 Å². The highest BCUT2D eigenvalue weighted by Crippen LogP contribution is 2.45. The van der Waals surface area contributed by atoms with E-state index in [0.29, 0.717) is 18.9 Å². The zero-order chi connectivity index (χ0) is 20.6. The summed E-state index contributed by atoms with van der Waals surface area (Å²) in [6.45, 7) is 0.129. The molecule has 0 aromatic heterocycles. The summed E-state index contributed by atoms with van der Waals surface area (Å²) in [6, 6.07) is 9.81. The van der Waals surface area contributed by atoms with Crippen molar-refractivity contribution in [3.63, 3.8) is 0 Å². The summed E-state index contributed by atoms with van der Waals surface area (Å²) in [7, 11) is 0. The second kappa shape index (κ2) is 7.71. The van der Waals surface area contributed by atoms with Crippen molar-refractivity contribution in [3.05, 3.63) is 71.0 Å². The lowest BCUT2D eigenvalue weighted by atomic mass is 9.72. The van der Waals surface area contributed by atoms with Crippen molar-refractivity contribution in [2.45, 2.75) is 56.4 Å². The first-order valence-electron chi connectivity index (χ1n) is 9.74. The summed E-state index contributed by atoms with van der Waals surface area (Å²) in [5, 5.41) is 11.1. The minimum absolute atomic E-state index is 0.00372. The Kier molecular flexibility index (Phi) is 5.25. The average molecular weight is 405 g/mol. The highest BCUT2D eigenvalue weighted by atomic mass is 19.2. The molecule has 0 aliphatic carbocycles. The summed E-state index contributed by atoms with van der Waals surface area (Å²) in [5.41, 5.74) is -1.26. The van der Waals surface area contributed by atoms with Crippen LogP contribution in [0, 0.1) is 17.5 Å². The maximum absolute atomic E-state index is 14.3. The number of carbonyl (C=O) groups excluding carboxylic acids is 1. The molecule has 2 aromatic carbocycles. The lowest BCUT2D eigenvalue weighted by Gasteiger charge is -2.51. The Morgan fingerprint density at radius 3 is 2.41 bits per heavy atom. The number of halogens is 3. The largest absolute Gasteiger partial charge is 0.445 e. The lowest BCUT2D eigenvalue weighted by Crippen LogP contribution is -2.59. The fraction of sp³-hybridized carbons (Fsp3) is 0.409. The van der Waals surface area contributed by atoms with Crippen LogP contribution in [0.15, 0.2) is 42.5 Å². The van der Waals surface area contributed by atoms with E-state index in [1.54, 1.807) is 4.90 Å². The van der Waals surface area contributed by atoms with E-state index in [2.05, 4.69) is 0 Å². The zero-order valence-electron chi connectivity index (χ0n) is 15.8. The van der Waals surface area contributed by atoms with Crippen LogP contribution in [0.25, 0.3) is 0 Å². The Hall–Kier alpha value is -2.54. The molecule has 2 aliphatic heterocycles. The van der Waals surface area contributed by atoms with Gasteiger partial charge in [-0.15, -0.1) is 0 Å². The molecule has 2 fully saturated rings. The predicted molar refractivity (Wildman–Crippen MR) is 99.3 cm³/mol. The third-order valence-corrected chi connectivity index (χ3v) is 5.92. The summed E-state index contributed by atoms with van der Waals surface area (Å²) in [5.74, 6) is -3.52. The number of rotatable bonds is 3. The quantitative estimate of drug-likeness (QED) is 0.757. The predicted octanol–water partition coefficient (Wildman–Crippen LogP) is 4.65. The third kappa shape index (κ3) is 3.83. The van der Waals surface area contributed by atoms with Crippen LogP contribution in [-0.4, -0.2) is 28.2 Å². The molecule has 2 bridgehead atoms. The first-order chi connectivity index (χ1) is 13.9. The van der Waals surface area contributed by atoms with Crippen LogP contribution in [0.4, 0.5) is 18.0 Å². The van der Waals surface area contributed by atoms with Gasteiger partial charge in [0, 0.05) is 36.6 Å². The van der Waals surface area contributed by atoms with E-state index in [9.17, 15) is 23.1 Å². The molecule has 2 saturated heterocycles. The number of aliphatic hydroxyl groups is 1. The van der Waals surface area contributed by atoms with Crippen molar-refractivity contribution in [2.24, 2.45) is 0 Å². The second-order valence-electron chi connectivity index (χ2n) is 7.87. The van der Waals surface area contributed by atoms with Crippen LogP contribution in [0.5, 0.6) is 0 Å². The van der Waals surface area contributed by atoms with Gasteiger partial charge in [-0.3, -0.25) is 0 Å². The van der Waals surface area contributed by atoms with Crippen LogP contribution >= 0.6 is 0 Å². The summed E-state index contributed by atoms with van der Waals surface area (Å²) >= 11 is 0.